The molecule has 1 N–H and O–H groups in total. The van der Waals surface area contributed by atoms with Crippen LogP contribution in [0, 0.1) is 0 Å². The van der Waals surface area contributed by atoms with Crippen molar-refractivity contribution in [2.24, 2.45) is 0 Å². The summed E-state index contributed by atoms with van der Waals surface area (Å²) in [5.74, 6) is -0.457. The second kappa shape index (κ2) is 6.30. The predicted molar refractivity (Wildman–Crippen MR) is 76.9 cm³/mol. The lowest BCUT2D eigenvalue weighted by Crippen LogP contribution is -2.06. The van der Waals surface area contributed by atoms with Crippen molar-refractivity contribution in [1.82, 2.24) is 9.78 Å². The van der Waals surface area contributed by atoms with Crippen LogP contribution >= 0.6 is 0 Å². The summed E-state index contributed by atoms with van der Waals surface area (Å²) in [5, 5.41) is 13.6. The fourth-order valence-corrected chi connectivity index (χ4v) is 1.88. The summed E-state index contributed by atoms with van der Waals surface area (Å²) >= 11 is 0. The Kier molecular flexibility index (Phi) is 4.47. The highest BCUT2D eigenvalue weighted by atomic mass is 16.5. The van der Waals surface area contributed by atoms with Crippen LogP contribution in [0.4, 0.5) is 0 Å². The molecule has 0 spiro atoms. The van der Waals surface area contributed by atoms with E-state index in [1.165, 1.54) is 13.2 Å². The zero-order chi connectivity index (χ0) is 15.4. The summed E-state index contributed by atoms with van der Waals surface area (Å²) in [6.45, 7) is 4.24. The number of ether oxygens (including phenoxy) is 2. The van der Waals surface area contributed by atoms with Crippen LogP contribution in [0.5, 0.6) is 11.5 Å². The Bertz CT molecular complexity index is 634. The zero-order valence-corrected chi connectivity index (χ0v) is 12.2. The van der Waals surface area contributed by atoms with Crippen LogP contribution < -0.4 is 9.47 Å². The van der Waals surface area contributed by atoms with Gasteiger partial charge < -0.3 is 14.6 Å². The van der Waals surface area contributed by atoms with Gasteiger partial charge in [0, 0.05) is 12.2 Å². The Balaban J connectivity index is 2.20. The second-order valence-corrected chi connectivity index (χ2v) is 4.81. The molecule has 112 valence electrons. The molecule has 0 saturated carbocycles. The van der Waals surface area contributed by atoms with Gasteiger partial charge in [-0.05, 0) is 32.0 Å². The smallest absolute Gasteiger partial charge is 0.339 e. The van der Waals surface area contributed by atoms with E-state index >= 15 is 0 Å². The number of aromatic nitrogens is 2. The van der Waals surface area contributed by atoms with Gasteiger partial charge in [0.1, 0.15) is 12.2 Å². The average molecular weight is 290 g/mol. The molecule has 0 bridgehead atoms. The molecule has 0 aliphatic heterocycles. The largest absolute Gasteiger partial charge is 0.493 e. The number of aromatic carboxylic acids is 1. The minimum absolute atomic E-state index is 0.0673. The number of rotatable bonds is 6. The minimum atomic E-state index is -1.06. The van der Waals surface area contributed by atoms with Gasteiger partial charge in [0.25, 0.3) is 0 Å². The Hall–Kier alpha value is -2.50. The fourth-order valence-electron chi connectivity index (χ4n) is 1.88. The molecule has 0 unspecified atom stereocenters. The van der Waals surface area contributed by atoms with Crippen molar-refractivity contribution in [3.05, 3.63) is 41.7 Å². The number of carboxylic acid groups (broad SMARTS) is 1. The quantitative estimate of drug-likeness (QED) is 0.885. The van der Waals surface area contributed by atoms with Crippen molar-refractivity contribution in [3.63, 3.8) is 0 Å². The molecule has 0 aliphatic rings. The van der Waals surface area contributed by atoms with E-state index in [1.807, 2.05) is 30.8 Å². The van der Waals surface area contributed by atoms with E-state index in [4.69, 9.17) is 9.47 Å². The third kappa shape index (κ3) is 3.34. The van der Waals surface area contributed by atoms with Crippen LogP contribution in [-0.2, 0) is 6.61 Å². The van der Waals surface area contributed by atoms with Gasteiger partial charge in [-0.25, -0.2) is 4.79 Å². The van der Waals surface area contributed by atoms with Crippen molar-refractivity contribution in [2.75, 3.05) is 7.11 Å². The Labute approximate surface area is 122 Å². The summed E-state index contributed by atoms with van der Waals surface area (Å²) in [6, 6.07) is 6.86. The lowest BCUT2D eigenvalue weighted by Gasteiger charge is -2.12. The molecule has 6 nitrogen and oxygen atoms in total. The molecule has 2 rings (SSSR count). The van der Waals surface area contributed by atoms with Gasteiger partial charge >= 0.3 is 5.97 Å². The minimum Gasteiger partial charge on any atom is -0.493 e. The predicted octanol–water partition coefficient (Wildman–Crippen LogP) is 2.75. The van der Waals surface area contributed by atoms with Gasteiger partial charge in [0.2, 0.25) is 0 Å². The van der Waals surface area contributed by atoms with Crippen LogP contribution in [0.3, 0.4) is 0 Å². The molecule has 0 radical (unpaired) electrons. The number of carboxylic acids is 1. The number of nitrogens with zero attached hydrogens (tertiary/aromatic N) is 2. The van der Waals surface area contributed by atoms with E-state index in [0.29, 0.717) is 5.75 Å². The van der Waals surface area contributed by atoms with Gasteiger partial charge in [-0.2, -0.15) is 5.10 Å². The van der Waals surface area contributed by atoms with E-state index in [2.05, 4.69) is 5.10 Å². The summed E-state index contributed by atoms with van der Waals surface area (Å²) in [7, 11) is 1.47. The van der Waals surface area contributed by atoms with E-state index in [1.54, 1.807) is 12.1 Å². The van der Waals surface area contributed by atoms with Crippen molar-refractivity contribution < 1.29 is 19.4 Å². The molecule has 2 aromatic rings. The van der Waals surface area contributed by atoms with Crippen molar-refractivity contribution >= 4 is 5.97 Å². The van der Waals surface area contributed by atoms with Gasteiger partial charge in [-0.1, -0.05) is 6.07 Å². The van der Waals surface area contributed by atoms with Crippen molar-refractivity contribution in [2.45, 2.75) is 26.5 Å². The SMILES string of the molecule is COc1cccc(C(=O)O)c1OCc1ccn(C(C)C)n1. The maximum absolute atomic E-state index is 11.2. The molecule has 6 heteroatoms. The number of carbonyl (C=O) groups is 1. The van der Waals surface area contributed by atoms with E-state index in [-0.39, 0.29) is 24.0 Å². The molecule has 21 heavy (non-hydrogen) atoms. The average Bonchev–Trinajstić information content (AvgIpc) is 2.93. The lowest BCUT2D eigenvalue weighted by molar-refractivity contribution is 0.0690. The summed E-state index contributed by atoms with van der Waals surface area (Å²) < 4.78 is 12.6. The van der Waals surface area contributed by atoms with Crippen LogP contribution in [0.25, 0.3) is 0 Å². The Morgan fingerprint density at radius 2 is 2.14 bits per heavy atom. The molecule has 0 fully saturated rings. The molecule has 0 aliphatic carbocycles. The third-order valence-electron chi connectivity index (χ3n) is 2.99. The summed E-state index contributed by atoms with van der Waals surface area (Å²) in [4.78, 5) is 11.2. The molecule has 0 atom stereocenters. The Morgan fingerprint density at radius 1 is 1.38 bits per heavy atom. The maximum Gasteiger partial charge on any atom is 0.339 e. The highest BCUT2D eigenvalue weighted by Crippen LogP contribution is 2.31. The van der Waals surface area contributed by atoms with Gasteiger partial charge in [0.15, 0.2) is 11.5 Å². The third-order valence-corrected chi connectivity index (χ3v) is 2.99. The fraction of sp³-hybridized carbons (Fsp3) is 0.333. The molecule has 1 aromatic heterocycles. The number of hydrogen-bond acceptors (Lipinski definition) is 4. The first kappa shape index (κ1) is 14.9. The van der Waals surface area contributed by atoms with Crippen LogP contribution in [0.15, 0.2) is 30.5 Å². The molecular formula is C15H18N2O4. The van der Waals surface area contributed by atoms with E-state index in [9.17, 15) is 9.90 Å². The molecule has 0 amide bonds. The van der Waals surface area contributed by atoms with Crippen molar-refractivity contribution in [3.8, 4) is 11.5 Å². The monoisotopic (exact) mass is 290 g/mol. The van der Waals surface area contributed by atoms with E-state index in [0.717, 1.165) is 5.69 Å². The second-order valence-electron chi connectivity index (χ2n) is 4.81. The van der Waals surface area contributed by atoms with Crippen LogP contribution in [0.2, 0.25) is 0 Å². The van der Waals surface area contributed by atoms with Gasteiger partial charge in [-0.15, -0.1) is 0 Å². The molecule has 1 heterocycles. The molecule has 0 saturated heterocycles. The number of benzene rings is 1. The highest BCUT2D eigenvalue weighted by molar-refractivity contribution is 5.92. The topological polar surface area (TPSA) is 73.6 Å². The van der Waals surface area contributed by atoms with Crippen molar-refractivity contribution in [1.29, 1.82) is 0 Å². The zero-order valence-electron chi connectivity index (χ0n) is 12.2. The first-order valence-corrected chi connectivity index (χ1v) is 6.60. The lowest BCUT2D eigenvalue weighted by atomic mass is 10.2. The van der Waals surface area contributed by atoms with Crippen LogP contribution in [0.1, 0.15) is 35.9 Å². The van der Waals surface area contributed by atoms with Gasteiger partial charge in [-0.3, -0.25) is 4.68 Å². The van der Waals surface area contributed by atoms with Crippen LogP contribution in [-0.4, -0.2) is 28.0 Å². The first-order chi connectivity index (χ1) is 10.0. The first-order valence-electron chi connectivity index (χ1n) is 6.60. The molecular weight excluding hydrogens is 272 g/mol. The Morgan fingerprint density at radius 3 is 2.71 bits per heavy atom. The normalized spacial score (nSPS) is 10.7. The molecule has 1 aromatic carbocycles. The van der Waals surface area contributed by atoms with E-state index < -0.39 is 5.97 Å². The standard InChI is InChI=1S/C15H18N2O4/c1-10(2)17-8-7-11(16-17)9-21-14-12(15(18)19)5-4-6-13(14)20-3/h4-8,10H,9H2,1-3H3,(H,18,19). The number of hydrogen-bond donors (Lipinski definition) is 1. The highest BCUT2D eigenvalue weighted by Gasteiger charge is 2.16. The number of para-hydroxylation sites is 1. The van der Waals surface area contributed by atoms with Gasteiger partial charge in [0.05, 0.1) is 12.8 Å². The number of methoxy groups -OCH3 is 1. The summed E-state index contributed by atoms with van der Waals surface area (Å²) in [6.07, 6.45) is 1.86. The summed E-state index contributed by atoms with van der Waals surface area (Å²) in [5.41, 5.74) is 0.795. The maximum atomic E-state index is 11.2.